The second-order valence-corrected chi connectivity index (χ2v) is 3.89. The van der Waals surface area contributed by atoms with E-state index in [1.54, 1.807) is 6.92 Å². The number of carbonyl (C=O) groups excluding carboxylic acids is 2. The molecule has 0 radical (unpaired) electrons. The van der Waals surface area contributed by atoms with Gasteiger partial charge in [-0.3, -0.25) is 14.5 Å². The lowest BCUT2D eigenvalue weighted by atomic mass is 10.2. The van der Waals surface area contributed by atoms with Gasteiger partial charge in [-0.1, -0.05) is 0 Å². The zero-order valence-corrected chi connectivity index (χ0v) is 8.86. The average Bonchev–Trinajstić information content (AvgIpc) is 2.63. The predicted molar refractivity (Wildman–Crippen MR) is 53.2 cm³/mol. The van der Waals surface area contributed by atoms with Gasteiger partial charge in [0.25, 0.3) is 0 Å². The lowest BCUT2D eigenvalue weighted by Crippen LogP contribution is -2.55. The van der Waals surface area contributed by atoms with Gasteiger partial charge in [0, 0.05) is 13.1 Å². The molecule has 15 heavy (non-hydrogen) atoms. The SMILES string of the molecule is CCOC(=O)[C@H]1CC[C@H]2C(=O)NCCN12. The molecule has 2 saturated heterocycles. The first-order valence-corrected chi connectivity index (χ1v) is 5.44. The van der Waals surface area contributed by atoms with E-state index < -0.39 is 0 Å². The maximum atomic E-state index is 11.6. The molecule has 1 amide bonds. The third kappa shape index (κ3) is 1.84. The number of hydrogen-bond acceptors (Lipinski definition) is 4. The lowest BCUT2D eigenvalue weighted by molar-refractivity contribution is -0.149. The first kappa shape index (κ1) is 10.4. The number of ether oxygens (including phenoxy) is 1. The molecule has 2 aliphatic rings. The molecule has 2 fully saturated rings. The van der Waals surface area contributed by atoms with Crippen molar-refractivity contribution in [3.8, 4) is 0 Å². The fraction of sp³-hybridized carbons (Fsp3) is 0.800. The van der Waals surface area contributed by atoms with Gasteiger partial charge in [-0.05, 0) is 19.8 Å². The van der Waals surface area contributed by atoms with Gasteiger partial charge in [-0.25, -0.2) is 0 Å². The molecule has 5 nitrogen and oxygen atoms in total. The summed E-state index contributed by atoms with van der Waals surface area (Å²) in [5.41, 5.74) is 0. The van der Waals surface area contributed by atoms with Crippen molar-refractivity contribution in [3.05, 3.63) is 0 Å². The minimum atomic E-state index is -0.207. The first-order chi connectivity index (χ1) is 7.24. The number of nitrogens with one attached hydrogen (secondary N) is 1. The number of nitrogens with zero attached hydrogens (tertiary/aromatic N) is 1. The summed E-state index contributed by atoms with van der Waals surface area (Å²) in [5.74, 6) is -0.136. The number of hydrogen-bond donors (Lipinski definition) is 1. The van der Waals surface area contributed by atoms with Gasteiger partial charge in [-0.2, -0.15) is 0 Å². The summed E-state index contributed by atoms with van der Waals surface area (Å²) in [4.78, 5) is 25.1. The minimum Gasteiger partial charge on any atom is -0.465 e. The smallest absolute Gasteiger partial charge is 0.323 e. The van der Waals surface area contributed by atoms with Crippen molar-refractivity contribution in [1.82, 2.24) is 10.2 Å². The summed E-state index contributed by atoms with van der Waals surface area (Å²) in [6, 6.07) is -0.325. The van der Waals surface area contributed by atoms with Gasteiger partial charge < -0.3 is 10.1 Å². The van der Waals surface area contributed by atoms with E-state index in [2.05, 4.69) is 5.32 Å². The predicted octanol–water partition coefficient (Wildman–Crippen LogP) is -0.488. The lowest BCUT2D eigenvalue weighted by Gasteiger charge is -2.32. The molecule has 0 saturated carbocycles. The third-order valence-corrected chi connectivity index (χ3v) is 3.04. The quantitative estimate of drug-likeness (QED) is 0.628. The van der Waals surface area contributed by atoms with Crippen LogP contribution in [0, 0.1) is 0 Å². The fourth-order valence-corrected chi connectivity index (χ4v) is 2.38. The number of fused-ring (bicyclic) bond motifs is 1. The highest BCUT2D eigenvalue weighted by atomic mass is 16.5. The second-order valence-electron chi connectivity index (χ2n) is 3.89. The molecule has 2 rings (SSSR count). The van der Waals surface area contributed by atoms with Crippen LogP contribution in [0.15, 0.2) is 0 Å². The van der Waals surface area contributed by atoms with Crippen LogP contribution < -0.4 is 5.32 Å². The topological polar surface area (TPSA) is 58.6 Å². The Bertz CT molecular complexity index is 280. The van der Waals surface area contributed by atoms with Crippen LogP contribution in [0.2, 0.25) is 0 Å². The van der Waals surface area contributed by atoms with E-state index in [4.69, 9.17) is 4.74 Å². The molecule has 5 heteroatoms. The number of amides is 1. The molecular formula is C10H16N2O3. The highest BCUT2D eigenvalue weighted by molar-refractivity contribution is 5.85. The van der Waals surface area contributed by atoms with Crippen LogP contribution in [0.5, 0.6) is 0 Å². The molecule has 1 N–H and O–H groups in total. The summed E-state index contributed by atoms with van der Waals surface area (Å²) >= 11 is 0. The van der Waals surface area contributed by atoms with Gasteiger partial charge in [0.2, 0.25) is 5.91 Å². The zero-order chi connectivity index (χ0) is 10.8. The van der Waals surface area contributed by atoms with E-state index in [1.807, 2.05) is 4.90 Å². The molecule has 2 aliphatic heterocycles. The summed E-state index contributed by atoms with van der Waals surface area (Å²) < 4.78 is 5.00. The van der Waals surface area contributed by atoms with E-state index in [9.17, 15) is 9.59 Å². The van der Waals surface area contributed by atoms with Crippen LogP contribution in [0.3, 0.4) is 0 Å². The highest BCUT2D eigenvalue weighted by Crippen LogP contribution is 2.26. The average molecular weight is 212 g/mol. The van der Waals surface area contributed by atoms with Crippen LogP contribution in [0.4, 0.5) is 0 Å². The normalized spacial score (nSPS) is 30.9. The summed E-state index contributed by atoms with van der Waals surface area (Å²) in [5, 5.41) is 2.81. The van der Waals surface area contributed by atoms with Crippen molar-refractivity contribution in [2.45, 2.75) is 31.8 Å². The number of carbonyl (C=O) groups is 2. The van der Waals surface area contributed by atoms with Crippen LogP contribution in [-0.2, 0) is 14.3 Å². The maximum Gasteiger partial charge on any atom is 0.323 e. The van der Waals surface area contributed by atoms with Gasteiger partial charge in [-0.15, -0.1) is 0 Å². The molecule has 0 aromatic rings. The monoisotopic (exact) mass is 212 g/mol. The van der Waals surface area contributed by atoms with E-state index in [0.717, 1.165) is 19.4 Å². The Balaban J connectivity index is 2.04. The highest BCUT2D eigenvalue weighted by Gasteiger charge is 2.43. The van der Waals surface area contributed by atoms with E-state index >= 15 is 0 Å². The van der Waals surface area contributed by atoms with Crippen LogP contribution in [0.25, 0.3) is 0 Å². The molecule has 0 bridgehead atoms. The van der Waals surface area contributed by atoms with E-state index in [-0.39, 0.29) is 24.0 Å². The Hall–Kier alpha value is -1.10. The number of rotatable bonds is 2. The first-order valence-electron chi connectivity index (χ1n) is 5.44. The van der Waals surface area contributed by atoms with Crippen molar-refractivity contribution in [3.63, 3.8) is 0 Å². The Kier molecular flexibility index (Phi) is 2.90. The second kappa shape index (κ2) is 4.18. The molecule has 0 spiro atoms. The van der Waals surface area contributed by atoms with Gasteiger partial charge in [0.05, 0.1) is 12.6 Å². The molecule has 0 unspecified atom stereocenters. The van der Waals surface area contributed by atoms with E-state index in [1.165, 1.54) is 0 Å². The molecule has 0 aliphatic carbocycles. The Morgan fingerprint density at radius 1 is 1.60 bits per heavy atom. The van der Waals surface area contributed by atoms with Crippen molar-refractivity contribution >= 4 is 11.9 Å². The van der Waals surface area contributed by atoms with Crippen molar-refractivity contribution < 1.29 is 14.3 Å². The number of esters is 1. The van der Waals surface area contributed by atoms with Gasteiger partial charge in [0.15, 0.2) is 0 Å². The Labute approximate surface area is 88.8 Å². The Morgan fingerprint density at radius 3 is 3.13 bits per heavy atom. The molecule has 0 aromatic heterocycles. The third-order valence-electron chi connectivity index (χ3n) is 3.04. The van der Waals surface area contributed by atoms with Crippen LogP contribution >= 0.6 is 0 Å². The van der Waals surface area contributed by atoms with Crippen molar-refractivity contribution in [1.29, 1.82) is 0 Å². The summed E-state index contributed by atoms with van der Waals surface area (Å²) in [6.07, 6.45) is 1.49. The number of piperazine rings is 1. The maximum absolute atomic E-state index is 11.6. The van der Waals surface area contributed by atoms with Crippen LogP contribution in [0.1, 0.15) is 19.8 Å². The molecule has 2 heterocycles. The largest absolute Gasteiger partial charge is 0.465 e. The Morgan fingerprint density at radius 2 is 2.40 bits per heavy atom. The van der Waals surface area contributed by atoms with E-state index in [0.29, 0.717) is 13.2 Å². The van der Waals surface area contributed by atoms with Gasteiger partial charge >= 0.3 is 5.97 Å². The molecule has 0 aromatic carbocycles. The molecular weight excluding hydrogens is 196 g/mol. The fourth-order valence-electron chi connectivity index (χ4n) is 2.38. The van der Waals surface area contributed by atoms with Crippen molar-refractivity contribution in [2.75, 3.05) is 19.7 Å². The summed E-state index contributed by atoms with van der Waals surface area (Å²) in [6.45, 7) is 3.58. The van der Waals surface area contributed by atoms with Crippen LogP contribution in [-0.4, -0.2) is 48.6 Å². The minimum absolute atomic E-state index is 0.0491. The van der Waals surface area contributed by atoms with Gasteiger partial charge in [0.1, 0.15) is 6.04 Å². The molecule has 84 valence electrons. The molecule has 2 atom stereocenters. The summed E-state index contributed by atoms with van der Waals surface area (Å²) in [7, 11) is 0. The zero-order valence-electron chi connectivity index (χ0n) is 8.86. The standard InChI is InChI=1S/C10H16N2O3/c1-2-15-10(14)8-4-3-7-9(13)11-5-6-12(7)8/h7-8H,2-6H2,1H3,(H,11,13)/t7-,8+/m0/s1. The van der Waals surface area contributed by atoms with Crippen molar-refractivity contribution in [2.24, 2.45) is 0 Å².